The average Bonchev–Trinajstić information content (AvgIpc) is 2.65. The minimum Gasteiger partial charge on any atom is -0.540 e. The summed E-state index contributed by atoms with van der Waals surface area (Å²) in [5.74, 6) is 1.32. The van der Waals surface area contributed by atoms with Crippen LogP contribution in [0, 0.1) is 18.3 Å². The molecular weight excluding hydrogens is 362 g/mol. The molecule has 0 bridgehead atoms. The maximum Gasteiger partial charge on any atom is 0.341 e. The smallest absolute Gasteiger partial charge is 0.341 e. The fraction of sp³-hybridized carbons (Fsp3) is 0.417. The molecule has 0 unspecified atom stereocenters. The van der Waals surface area contributed by atoms with Crippen LogP contribution >= 0.6 is 0 Å². The van der Waals surface area contributed by atoms with Crippen molar-refractivity contribution >= 4 is 16.3 Å². The van der Waals surface area contributed by atoms with E-state index in [-0.39, 0.29) is 23.5 Å². The van der Waals surface area contributed by atoms with E-state index in [4.69, 9.17) is 4.43 Å². The molecule has 0 atom stereocenters. The topological polar surface area (TPSA) is 50.1 Å². The Labute approximate surface area is 172 Å². The third kappa shape index (κ3) is 3.91. The summed E-state index contributed by atoms with van der Waals surface area (Å²) in [5, 5.41) is 9.23. The highest BCUT2D eigenvalue weighted by Gasteiger charge is 2.30. The number of hydrogen-bond acceptors (Lipinski definition) is 3. The van der Waals surface area contributed by atoms with Gasteiger partial charge >= 0.3 is 10.5 Å². The van der Waals surface area contributed by atoms with Crippen molar-refractivity contribution < 1.29 is 9.22 Å². The summed E-state index contributed by atoms with van der Waals surface area (Å²) in [6, 6.07) is 9.06. The zero-order chi connectivity index (χ0) is 21.2. The van der Waals surface area contributed by atoms with E-state index >= 15 is 0 Å². The van der Waals surface area contributed by atoms with E-state index in [1.807, 2.05) is 6.92 Å². The van der Waals surface area contributed by atoms with Gasteiger partial charge in [0.25, 0.3) is 0 Å². The molecule has 0 saturated carbocycles. The van der Waals surface area contributed by atoms with Gasteiger partial charge in [0.1, 0.15) is 5.75 Å². The number of nitriles is 1. The van der Waals surface area contributed by atoms with Gasteiger partial charge in [-0.15, -0.1) is 0 Å². The molecule has 0 N–H and O–H groups in total. The van der Waals surface area contributed by atoms with Gasteiger partial charge in [-0.25, -0.2) is 0 Å². The molecule has 3 radical (unpaired) electrons. The molecule has 2 aromatic rings. The van der Waals surface area contributed by atoms with Crippen LogP contribution in [0.2, 0.25) is 0 Å². The summed E-state index contributed by atoms with van der Waals surface area (Å²) >= 11 is 0. The molecule has 145 valence electrons. The number of carbonyl (C=O) groups is 1. The summed E-state index contributed by atoms with van der Waals surface area (Å²) < 4.78 is 5.70. The molecule has 0 aliphatic carbocycles. The third-order valence-electron chi connectivity index (χ3n) is 5.14. The van der Waals surface area contributed by atoms with Gasteiger partial charge in [0, 0.05) is 11.1 Å². The molecule has 2 rings (SSSR count). The highest BCUT2D eigenvalue weighted by atomic mass is 28.2. The molecule has 0 saturated heterocycles. The zero-order valence-electron chi connectivity index (χ0n) is 17.8. The summed E-state index contributed by atoms with van der Waals surface area (Å²) in [6.07, 6.45) is 0. The van der Waals surface area contributed by atoms with Crippen LogP contribution in [0.5, 0.6) is 5.75 Å². The van der Waals surface area contributed by atoms with Gasteiger partial charge < -0.3 is 4.43 Å². The standard InChI is InChI=1S/C24H28NO2Si/c1-13(2)19-16(7)22(23(26)18-10-8-9-17(11-18)12-25)20(14(3)4)21(15(5)6)24(19)27-28/h8-11,13-15H,1-7H3. The molecule has 0 aliphatic heterocycles. The number of ketones is 1. The summed E-state index contributed by atoms with van der Waals surface area (Å²) in [6.45, 7) is 14.7. The molecule has 0 fully saturated rings. The van der Waals surface area contributed by atoms with Crippen molar-refractivity contribution in [3.8, 4) is 11.8 Å². The predicted molar refractivity (Wildman–Crippen MR) is 114 cm³/mol. The van der Waals surface area contributed by atoms with Gasteiger partial charge in [0.15, 0.2) is 5.78 Å². The highest BCUT2D eigenvalue weighted by molar-refractivity contribution is 6.12. The second-order valence-electron chi connectivity index (χ2n) is 8.16. The van der Waals surface area contributed by atoms with Crippen LogP contribution in [0.15, 0.2) is 24.3 Å². The number of benzene rings is 2. The van der Waals surface area contributed by atoms with Crippen LogP contribution in [0.1, 0.15) is 103 Å². The largest absolute Gasteiger partial charge is 0.540 e. The van der Waals surface area contributed by atoms with Crippen LogP contribution in [-0.4, -0.2) is 16.3 Å². The Kier molecular flexibility index (Phi) is 6.85. The number of nitrogens with zero attached hydrogens (tertiary/aromatic N) is 1. The van der Waals surface area contributed by atoms with E-state index in [9.17, 15) is 10.1 Å². The van der Waals surface area contributed by atoms with E-state index in [0.29, 0.717) is 11.1 Å². The fourth-order valence-corrected chi connectivity index (χ4v) is 4.27. The monoisotopic (exact) mass is 390 g/mol. The number of carbonyl (C=O) groups excluding carboxylic acids is 1. The number of hydrogen-bond donors (Lipinski definition) is 0. The second kappa shape index (κ2) is 8.75. The molecule has 3 nitrogen and oxygen atoms in total. The lowest BCUT2D eigenvalue weighted by Crippen LogP contribution is -2.17. The summed E-state index contributed by atoms with van der Waals surface area (Å²) in [5.41, 5.74) is 5.86. The normalized spacial score (nSPS) is 11.2. The number of rotatable bonds is 6. The molecule has 0 aliphatic rings. The molecular formula is C24H28NO2Si. The summed E-state index contributed by atoms with van der Waals surface area (Å²) in [4.78, 5) is 13.6. The van der Waals surface area contributed by atoms with E-state index in [0.717, 1.165) is 33.6 Å². The van der Waals surface area contributed by atoms with Crippen molar-refractivity contribution in [1.82, 2.24) is 0 Å². The molecule has 2 aromatic carbocycles. The van der Waals surface area contributed by atoms with Crippen LogP contribution < -0.4 is 4.43 Å². The second-order valence-corrected chi connectivity index (χ2v) is 8.36. The van der Waals surface area contributed by atoms with Gasteiger partial charge in [-0.3, -0.25) is 4.79 Å². The van der Waals surface area contributed by atoms with Gasteiger partial charge in [0.2, 0.25) is 0 Å². The van der Waals surface area contributed by atoms with Crippen LogP contribution in [0.25, 0.3) is 0 Å². The Bertz CT molecular complexity index is 937. The van der Waals surface area contributed by atoms with Crippen molar-refractivity contribution in [2.45, 2.75) is 66.2 Å². The van der Waals surface area contributed by atoms with Crippen LogP contribution in [-0.2, 0) is 0 Å². The van der Waals surface area contributed by atoms with E-state index in [1.54, 1.807) is 24.3 Å². The molecule has 4 heteroatoms. The maximum absolute atomic E-state index is 13.6. The quantitative estimate of drug-likeness (QED) is 0.454. The minimum absolute atomic E-state index is 0.0392. The first-order chi connectivity index (χ1) is 13.1. The van der Waals surface area contributed by atoms with E-state index < -0.39 is 0 Å². The molecule has 0 aromatic heterocycles. The average molecular weight is 391 g/mol. The first-order valence-electron chi connectivity index (χ1n) is 9.74. The lowest BCUT2D eigenvalue weighted by molar-refractivity contribution is 0.103. The van der Waals surface area contributed by atoms with Crippen LogP contribution in [0.4, 0.5) is 0 Å². The maximum atomic E-state index is 13.6. The van der Waals surface area contributed by atoms with E-state index in [1.165, 1.54) is 0 Å². The Morgan fingerprint density at radius 1 is 1.00 bits per heavy atom. The van der Waals surface area contributed by atoms with Gasteiger partial charge in [-0.05, 0) is 59.1 Å². The molecule has 0 heterocycles. The van der Waals surface area contributed by atoms with Gasteiger partial charge in [-0.1, -0.05) is 53.7 Å². The summed E-state index contributed by atoms with van der Waals surface area (Å²) in [7, 11) is 3.27. The first-order valence-corrected chi connectivity index (χ1v) is 10.1. The Morgan fingerprint density at radius 2 is 1.57 bits per heavy atom. The zero-order valence-corrected chi connectivity index (χ0v) is 18.8. The van der Waals surface area contributed by atoms with Crippen molar-refractivity contribution in [1.29, 1.82) is 5.26 Å². The van der Waals surface area contributed by atoms with Crippen molar-refractivity contribution in [2.75, 3.05) is 0 Å². The lowest BCUT2D eigenvalue weighted by Gasteiger charge is -2.29. The first kappa shape index (κ1) is 21.9. The highest BCUT2D eigenvalue weighted by Crippen LogP contribution is 2.44. The molecule has 0 amide bonds. The minimum atomic E-state index is -0.0392. The van der Waals surface area contributed by atoms with E-state index in [2.05, 4.69) is 58.1 Å². The predicted octanol–water partition coefficient (Wildman–Crippen LogP) is 5.93. The SMILES string of the molecule is Cc1c(C(=O)c2cccc(C#N)c2)c(C(C)C)c(C(C)C)c(O[Si])c1C(C)C. The fourth-order valence-electron chi connectivity index (χ4n) is 4.05. The van der Waals surface area contributed by atoms with Crippen molar-refractivity contribution in [3.05, 3.63) is 63.2 Å². The van der Waals surface area contributed by atoms with Gasteiger partial charge in [-0.2, -0.15) is 5.26 Å². The van der Waals surface area contributed by atoms with Crippen molar-refractivity contribution in [3.63, 3.8) is 0 Å². The Hall–Kier alpha value is -2.38. The van der Waals surface area contributed by atoms with Gasteiger partial charge in [0.05, 0.1) is 11.6 Å². The molecule has 28 heavy (non-hydrogen) atoms. The van der Waals surface area contributed by atoms with Crippen molar-refractivity contribution in [2.24, 2.45) is 0 Å². The third-order valence-corrected chi connectivity index (χ3v) is 5.35. The Balaban J connectivity index is 2.96. The van der Waals surface area contributed by atoms with Crippen LogP contribution in [0.3, 0.4) is 0 Å². The Morgan fingerprint density at radius 3 is 2.04 bits per heavy atom. The lowest BCUT2D eigenvalue weighted by atomic mass is 9.77. The molecule has 0 spiro atoms.